The zero-order valence-corrected chi connectivity index (χ0v) is 23.6. The third-order valence-electron chi connectivity index (χ3n) is 7.18. The third kappa shape index (κ3) is 5.04. The van der Waals surface area contributed by atoms with Crippen LogP contribution in [0.1, 0.15) is 23.6 Å². The molecule has 1 aromatic heterocycles. The largest absolute Gasteiger partial charge is 0.353 e. The van der Waals surface area contributed by atoms with Gasteiger partial charge in [-0.3, -0.25) is 0 Å². The zero-order chi connectivity index (χ0) is 27.5. The SMILES string of the molecule is C=C(N=C(N=C(C)c1ccccc1)c1cccc(-c2cccc3c2[nH]c2c(PC)cccc23)c1)c1ccccc1. The number of H-pyrrole nitrogens is 1. The van der Waals surface area contributed by atoms with Gasteiger partial charge in [-0.2, -0.15) is 0 Å². The quantitative estimate of drug-likeness (QED) is 0.126. The summed E-state index contributed by atoms with van der Waals surface area (Å²) in [6, 6.07) is 41.9. The van der Waals surface area contributed by atoms with Crippen LogP contribution >= 0.6 is 8.58 Å². The molecule has 4 heteroatoms. The Hall–Kier alpha value is -4.59. The Morgan fingerprint density at radius 1 is 0.650 bits per heavy atom. The Balaban J connectivity index is 1.49. The van der Waals surface area contributed by atoms with Crippen LogP contribution in [0, 0.1) is 0 Å². The van der Waals surface area contributed by atoms with Gasteiger partial charge in [0.2, 0.25) is 0 Å². The Labute approximate surface area is 236 Å². The number of benzene rings is 5. The van der Waals surface area contributed by atoms with Gasteiger partial charge < -0.3 is 4.98 Å². The van der Waals surface area contributed by atoms with Crippen LogP contribution < -0.4 is 5.30 Å². The van der Waals surface area contributed by atoms with Gasteiger partial charge in [0, 0.05) is 27.6 Å². The number of hydrogen-bond donors (Lipinski definition) is 1. The molecular formula is C36H30N3P. The van der Waals surface area contributed by atoms with E-state index in [1.807, 2.05) is 55.5 Å². The molecule has 6 aromatic rings. The molecule has 0 fully saturated rings. The van der Waals surface area contributed by atoms with Crippen LogP contribution in [-0.4, -0.2) is 23.2 Å². The van der Waals surface area contributed by atoms with Crippen LogP contribution in [0.4, 0.5) is 0 Å². The number of amidine groups is 1. The number of aromatic amines is 1. The molecule has 1 heterocycles. The van der Waals surface area contributed by atoms with Gasteiger partial charge in [0.15, 0.2) is 5.84 Å². The highest BCUT2D eigenvalue weighted by atomic mass is 31.1. The average Bonchev–Trinajstić information content (AvgIpc) is 3.41. The molecule has 1 N–H and O–H groups in total. The van der Waals surface area contributed by atoms with Gasteiger partial charge in [-0.15, -0.1) is 0 Å². The van der Waals surface area contributed by atoms with Crippen LogP contribution in [0.15, 0.2) is 138 Å². The van der Waals surface area contributed by atoms with E-state index in [1.54, 1.807) is 0 Å². The summed E-state index contributed by atoms with van der Waals surface area (Å²) >= 11 is 0. The second-order valence-electron chi connectivity index (χ2n) is 9.72. The van der Waals surface area contributed by atoms with Crippen molar-refractivity contribution in [3.8, 4) is 11.1 Å². The van der Waals surface area contributed by atoms with Crippen molar-refractivity contribution >= 4 is 52.9 Å². The van der Waals surface area contributed by atoms with E-state index in [0.29, 0.717) is 11.5 Å². The van der Waals surface area contributed by atoms with Crippen LogP contribution in [0.3, 0.4) is 0 Å². The number of aromatic nitrogens is 1. The average molecular weight is 536 g/mol. The van der Waals surface area contributed by atoms with Crippen LogP contribution in [0.5, 0.6) is 0 Å². The van der Waals surface area contributed by atoms with Gasteiger partial charge in [0.05, 0.1) is 16.7 Å². The van der Waals surface area contributed by atoms with Crippen molar-refractivity contribution in [1.29, 1.82) is 0 Å². The molecule has 1 unspecified atom stereocenters. The molecule has 0 amide bonds. The van der Waals surface area contributed by atoms with Gasteiger partial charge in [-0.05, 0) is 41.6 Å². The fourth-order valence-corrected chi connectivity index (χ4v) is 5.81. The van der Waals surface area contributed by atoms with Crippen LogP contribution in [0.2, 0.25) is 0 Å². The fourth-order valence-electron chi connectivity index (χ4n) is 5.10. The monoisotopic (exact) mass is 535 g/mol. The molecule has 6 rings (SSSR count). The molecule has 0 radical (unpaired) electrons. The summed E-state index contributed by atoms with van der Waals surface area (Å²) in [6.07, 6.45) is 0. The van der Waals surface area contributed by atoms with Crippen molar-refractivity contribution in [3.05, 3.63) is 145 Å². The molecule has 1 atom stereocenters. The lowest BCUT2D eigenvalue weighted by molar-refractivity contribution is 1.44. The summed E-state index contributed by atoms with van der Waals surface area (Å²) in [7, 11) is 0.727. The molecule has 0 aliphatic heterocycles. The van der Waals surface area contributed by atoms with Crippen molar-refractivity contribution in [3.63, 3.8) is 0 Å². The number of hydrogen-bond acceptors (Lipinski definition) is 1. The molecule has 3 nitrogen and oxygen atoms in total. The van der Waals surface area contributed by atoms with Crippen molar-refractivity contribution in [2.75, 3.05) is 6.66 Å². The summed E-state index contributed by atoms with van der Waals surface area (Å²) in [5, 5.41) is 3.86. The molecule has 0 aliphatic rings. The molecule has 0 saturated carbocycles. The topological polar surface area (TPSA) is 40.5 Å². The van der Waals surface area contributed by atoms with E-state index < -0.39 is 0 Å². The minimum Gasteiger partial charge on any atom is -0.353 e. The van der Waals surface area contributed by atoms with Crippen molar-refractivity contribution < 1.29 is 0 Å². The van der Waals surface area contributed by atoms with Crippen molar-refractivity contribution in [1.82, 2.24) is 4.98 Å². The maximum absolute atomic E-state index is 5.04. The highest BCUT2D eigenvalue weighted by molar-refractivity contribution is 7.47. The van der Waals surface area contributed by atoms with Gasteiger partial charge in [-0.25, -0.2) is 9.98 Å². The number of fused-ring (bicyclic) bond motifs is 3. The summed E-state index contributed by atoms with van der Waals surface area (Å²) in [5.74, 6) is 0.635. The van der Waals surface area contributed by atoms with Gasteiger partial charge >= 0.3 is 0 Å². The van der Waals surface area contributed by atoms with Gasteiger partial charge in [0.25, 0.3) is 0 Å². The van der Waals surface area contributed by atoms with E-state index >= 15 is 0 Å². The second-order valence-corrected chi connectivity index (χ2v) is 10.8. The molecule has 0 spiro atoms. The lowest BCUT2D eigenvalue weighted by atomic mass is 9.99. The first kappa shape index (κ1) is 25.7. The normalized spacial score (nSPS) is 12.6. The van der Waals surface area contributed by atoms with E-state index in [4.69, 9.17) is 9.98 Å². The van der Waals surface area contributed by atoms with E-state index in [2.05, 4.69) is 91.0 Å². The number of aliphatic imine (C=N–C) groups is 2. The Morgan fingerprint density at radius 2 is 1.27 bits per heavy atom. The van der Waals surface area contributed by atoms with Crippen molar-refractivity contribution in [2.45, 2.75) is 6.92 Å². The highest BCUT2D eigenvalue weighted by Crippen LogP contribution is 2.34. The van der Waals surface area contributed by atoms with E-state index in [-0.39, 0.29) is 0 Å². The molecule has 5 aromatic carbocycles. The molecule has 194 valence electrons. The van der Waals surface area contributed by atoms with E-state index in [0.717, 1.165) is 47.6 Å². The Bertz CT molecular complexity index is 1900. The molecular weight excluding hydrogens is 505 g/mol. The first-order valence-corrected chi connectivity index (χ1v) is 14.9. The predicted octanol–water partition coefficient (Wildman–Crippen LogP) is 8.85. The third-order valence-corrected chi connectivity index (χ3v) is 8.14. The highest BCUT2D eigenvalue weighted by Gasteiger charge is 2.13. The van der Waals surface area contributed by atoms with Gasteiger partial charge in [0.1, 0.15) is 0 Å². The zero-order valence-electron chi connectivity index (χ0n) is 22.6. The molecule has 0 bridgehead atoms. The number of nitrogens with one attached hydrogen (secondary N) is 1. The lowest BCUT2D eigenvalue weighted by Crippen LogP contribution is -2.04. The van der Waals surface area contributed by atoms with E-state index in [1.165, 1.54) is 21.6 Å². The molecule has 0 saturated heterocycles. The molecule has 40 heavy (non-hydrogen) atoms. The smallest absolute Gasteiger partial charge is 0.160 e. The fraction of sp³-hybridized carbons (Fsp3) is 0.0556. The summed E-state index contributed by atoms with van der Waals surface area (Å²) in [4.78, 5) is 13.8. The number of nitrogens with zero attached hydrogens (tertiary/aromatic N) is 2. The standard InChI is InChI=1S/C36H30N3P/c1-24(26-13-6-4-7-14-26)37-36(38-25(2)27-15-8-5-9-16-27)29-18-10-17-28(23-29)30-19-11-20-31-32-21-12-22-33(40-3)35(32)39-34(30)31/h4-23,39-40H,1H2,2-3H3. The molecule has 0 aliphatic carbocycles. The lowest BCUT2D eigenvalue weighted by Gasteiger charge is -2.10. The van der Waals surface area contributed by atoms with Crippen LogP contribution in [0.25, 0.3) is 38.6 Å². The predicted molar refractivity (Wildman–Crippen MR) is 176 cm³/mol. The number of rotatable bonds is 6. The minimum atomic E-state index is 0.635. The summed E-state index contributed by atoms with van der Waals surface area (Å²) in [6.45, 7) is 8.53. The Kier molecular flexibility index (Phi) is 7.23. The first-order valence-electron chi connectivity index (χ1n) is 13.4. The maximum Gasteiger partial charge on any atom is 0.160 e. The summed E-state index contributed by atoms with van der Waals surface area (Å²) in [5.41, 5.74) is 9.20. The minimum absolute atomic E-state index is 0.635. The van der Waals surface area contributed by atoms with Crippen LogP contribution in [-0.2, 0) is 0 Å². The number of para-hydroxylation sites is 2. The van der Waals surface area contributed by atoms with Crippen molar-refractivity contribution in [2.24, 2.45) is 9.98 Å². The van der Waals surface area contributed by atoms with Gasteiger partial charge in [-0.1, -0.05) is 130 Å². The maximum atomic E-state index is 5.04. The summed E-state index contributed by atoms with van der Waals surface area (Å²) < 4.78 is 0. The second kappa shape index (κ2) is 11.3. The van der Waals surface area contributed by atoms with E-state index in [9.17, 15) is 0 Å². The Morgan fingerprint density at radius 3 is 2.00 bits per heavy atom. The first-order chi connectivity index (χ1) is 19.6.